The van der Waals surface area contributed by atoms with Crippen LogP contribution in [0.5, 0.6) is 0 Å². The van der Waals surface area contributed by atoms with Gasteiger partial charge in [0, 0.05) is 13.1 Å². The summed E-state index contributed by atoms with van der Waals surface area (Å²) in [6.45, 7) is 2.19. The van der Waals surface area contributed by atoms with Crippen molar-refractivity contribution in [3.05, 3.63) is 48.0 Å². The van der Waals surface area contributed by atoms with E-state index < -0.39 is 0 Å². The summed E-state index contributed by atoms with van der Waals surface area (Å²) in [6, 6.07) is 14.5. The smallest absolute Gasteiger partial charge is 0.228 e. The molecule has 25 heavy (non-hydrogen) atoms. The number of fused-ring (bicyclic) bond motifs is 2. The van der Waals surface area contributed by atoms with Gasteiger partial charge in [-0.05, 0) is 47.7 Å². The second kappa shape index (κ2) is 6.77. The van der Waals surface area contributed by atoms with E-state index in [-0.39, 0.29) is 17.4 Å². The molecule has 0 radical (unpaired) electrons. The second-order valence-electron chi connectivity index (χ2n) is 7.60. The predicted octanol–water partition coefficient (Wildman–Crippen LogP) is 2.74. The molecular weight excluding hydrogens is 310 g/mol. The van der Waals surface area contributed by atoms with Crippen molar-refractivity contribution >= 4 is 16.7 Å². The van der Waals surface area contributed by atoms with Gasteiger partial charge in [0.05, 0.1) is 11.5 Å². The van der Waals surface area contributed by atoms with Crippen molar-refractivity contribution in [1.29, 1.82) is 0 Å². The van der Waals surface area contributed by atoms with Crippen LogP contribution in [0.25, 0.3) is 10.8 Å². The first-order chi connectivity index (χ1) is 12.2. The normalized spacial score (nSPS) is 27.0. The van der Waals surface area contributed by atoms with Crippen molar-refractivity contribution in [1.82, 2.24) is 10.6 Å². The minimum atomic E-state index is -0.234. The van der Waals surface area contributed by atoms with Crippen LogP contribution in [-0.2, 0) is 4.79 Å². The van der Waals surface area contributed by atoms with E-state index in [1.54, 1.807) is 0 Å². The third-order valence-electron chi connectivity index (χ3n) is 6.21. The van der Waals surface area contributed by atoms with Crippen LogP contribution in [0.3, 0.4) is 0 Å². The lowest BCUT2D eigenvalue weighted by Crippen LogP contribution is -2.49. The van der Waals surface area contributed by atoms with Crippen LogP contribution in [0.4, 0.5) is 0 Å². The lowest BCUT2D eigenvalue weighted by atomic mass is 9.67. The van der Waals surface area contributed by atoms with E-state index in [1.165, 1.54) is 17.2 Å². The third-order valence-corrected chi connectivity index (χ3v) is 6.21. The molecular formula is C21H27N3O. The van der Waals surface area contributed by atoms with Gasteiger partial charge in [-0.2, -0.15) is 0 Å². The molecule has 2 fully saturated rings. The molecule has 4 heteroatoms. The van der Waals surface area contributed by atoms with Gasteiger partial charge in [0.2, 0.25) is 5.91 Å². The SMILES string of the molecule is NCC(NC(=O)[C@@]12CCCC[C@H]1CNC2)c1ccc2ccccc2c1. The Bertz CT molecular complexity index is 775. The lowest BCUT2D eigenvalue weighted by Gasteiger charge is -2.38. The maximum absolute atomic E-state index is 13.2. The number of hydrogen-bond donors (Lipinski definition) is 3. The number of carbonyl (C=O) groups is 1. The average Bonchev–Trinajstić information content (AvgIpc) is 3.11. The highest BCUT2D eigenvalue weighted by Crippen LogP contribution is 2.44. The van der Waals surface area contributed by atoms with E-state index in [2.05, 4.69) is 41.0 Å². The maximum atomic E-state index is 13.2. The Balaban J connectivity index is 1.57. The lowest BCUT2D eigenvalue weighted by molar-refractivity contribution is -0.134. The molecule has 2 aliphatic rings. The first-order valence-corrected chi connectivity index (χ1v) is 9.43. The van der Waals surface area contributed by atoms with Gasteiger partial charge in [0.25, 0.3) is 0 Å². The van der Waals surface area contributed by atoms with E-state index in [4.69, 9.17) is 5.73 Å². The number of nitrogens with one attached hydrogen (secondary N) is 2. The highest BCUT2D eigenvalue weighted by atomic mass is 16.2. The van der Waals surface area contributed by atoms with Gasteiger partial charge < -0.3 is 16.4 Å². The van der Waals surface area contributed by atoms with Gasteiger partial charge in [-0.1, -0.05) is 49.2 Å². The van der Waals surface area contributed by atoms with E-state index in [9.17, 15) is 4.79 Å². The molecule has 4 rings (SSSR count). The molecule has 1 aliphatic carbocycles. The van der Waals surface area contributed by atoms with Crippen molar-refractivity contribution in [2.75, 3.05) is 19.6 Å². The molecule has 132 valence electrons. The van der Waals surface area contributed by atoms with Crippen LogP contribution in [0, 0.1) is 11.3 Å². The number of amides is 1. The minimum Gasteiger partial charge on any atom is -0.347 e. The Labute approximate surface area is 149 Å². The molecule has 4 N–H and O–H groups in total. The summed E-state index contributed by atoms with van der Waals surface area (Å²) in [5.74, 6) is 0.655. The summed E-state index contributed by atoms with van der Waals surface area (Å²) in [5, 5.41) is 9.12. The molecule has 1 unspecified atom stereocenters. The van der Waals surface area contributed by atoms with E-state index in [0.29, 0.717) is 12.5 Å². The Morgan fingerprint density at radius 1 is 1.24 bits per heavy atom. The second-order valence-corrected chi connectivity index (χ2v) is 7.60. The maximum Gasteiger partial charge on any atom is 0.228 e. The van der Waals surface area contributed by atoms with E-state index >= 15 is 0 Å². The monoisotopic (exact) mass is 337 g/mol. The largest absolute Gasteiger partial charge is 0.347 e. The minimum absolute atomic E-state index is 0.130. The zero-order chi connectivity index (χ0) is 17.3. The van der Waals surface area contributed by atoms with E-state index in [1.807, 2.05) is 12.1 Å². The molecule has 1 amide bonds. The molecule has 0 spiro atoms. The van der Waals surface area contributed by atoms with Gasteiger partial charge in [-0.15, -0.1) is 0 Å². The van der Waals surface area contributed by atoms with Crippen LogP contribution in [0.2, 0.25) is 0 Å². The molecule has 1 aliphatic heterocycles. The molecule has 2 aromatic carbocycles. The third kappa shape index (κ3) is 2.94. The quantitative estimate of drug-likeness (QED) is 0.804. The first-order valence-electron chi connectivity index (χ1n) is 9.43. The summed E-state index contributed by atoms with van der Waals surface area (Å²) in [5.41, 5.74) is 6.88. The summed E-state index contributed by atoms with van der Waals surface area (Å²) < 4.78 is 0. The van der Waals surface area contributed by atoms with Gasteiger partial charge >= 0.3 is 0 Å². The highest BCUT2D eigenvalue weighted by Gasteiger charge is 2.50. The summed E-state index contributed by atoms with van der Waals surface area (Å²) in [7, 11) is 0. The number of nitrogens with two attached hydrogens (primary N) is 1. The average molecular weight is 337 g/mol. The zero-order valence-corrected chi connectivity index (χ0v) is 14.6. The molecule has 1 saturated carbocycles. The van der Waals surface area contributed by atoms with E-state index in [0.717, 1.165) is 37.9 Å². The number of carbonyl (C=O) groups excluding carboxylic acids is 1. The molecule has 0 aromatic heterocycles. The van der Waals surface area contributed by atoms with Crippen LogP contribution in [0.1, 0.15) is 37.3 Å². The fourth-order valence-corrected chi connectivity index (χ4v) is 4.70. The molecule has 2 aromatic rings. The van der Waals surface area contributed by atoms with Crippen LogP contribution in [-0.4, -0.2) is 25.5 Å². The fraction of sp³-hybridized carbons (Fsp3) is 0.476. The van der Waals surface area contributed by atoms with Gasteiger partial charge in [0.15, 0.2) is 0 Å². The number of rotatable bonds is 4. The Hall–Kier alpha value is -1.91. The Morgan fingerprint density at radius 2 is 2.08 bits per heavy atom. The van der Waals surface area contributed by atoms with Crippen LogP contribution < -0.4 is 16.4 Å². The number of hydrogen-bond acceptors (Lipinski definition) is 3. The molecule has 4 nitrogen and oxygen atoms in total. The molecule has 3 atom stereocenters. The molecule has 0 bridgehead atoms. The summed E-state index contributed by atoms with van der Waals surface area (Å²) >= 11 is 0. The van der Waals surface area contributed by atoms with Crippen LogP contribution >= 0.6 is 0 Å². The van der Waals surface area contributed by atoms with Gasteiger partial charge in [-0.3, -0.25) is 4.79 Å². The van der Waals surface area contributed by atoms with Gasteiger partial charge in [-0.25, -0.2) is 0 Å². The van der Waals surface area contributed by atoms with Gasteiger partial charge in [0.1, 0.15) is 0 Å². The Morgan fingerprint density at radius 3 is 2.92 bits per heavy atom. The standard InChI is InChI=1S/C21H27N3O/c22-12-19(17-9-8-15-5-1-2-6-16(15)11-17)24-20(25)21-10-4-3-7-18(21)13-23-14-21/h1-2,5-6,8-9,11,18-19,23H,3-4,7,10,12-14,22H2,(H,24,25)/t18-,19?,21+/m0/s1. The first kappa shape index (κ1) is 16.6. The van der Waals surface area contributed by atoms with Crippen LogP contribution in [0.15, 0.2) is 42.5 Å². The summed E-state index contributed by atoms with van der Waals surface area (Å²) in [4.78, 5) is 13.2. The predicted molar refractivity (Wildman–Crippen MR) is 101 cm³/mol. The van der Waals surface area contributed by atoms with Crippen molar-refractivity contribution in [3.63, 3.8) is 0 Å². The number of benzene rings is 2. The Kier molecular flexibility index (Phi) is 4.48. The van der Waals surface area contributed by atoms with Crippen molar-refractivity contribution < 1.29 is 4.79 Å². The molecule has 1 saturated heterocycles. The highest BCUT2D eigenvalue weighted by molar-refractivity contribution is 5.85. The molecule has 1 heterocycles. The topological polar surface area (TPSA) is 67.1 Å². The van der Waals surface area contributed by atoms with Crippen molar-refractivity contribution in [2.45, 2.75) is 31.7 Å². The van der Waals surface area contributed by atoms with Crippen molar-refractivity contribution in [2.24, 2.45) is 17.1 Å². The summed E-state index contributed by atoms with van der Waals surface area (Å²) in [6.07, 6.45) is 4.54. The zero-order valence-electron chi connectivity index (χ0n) is 14.6. The fourth-order valence-electron chi connectivity index (χ4n) is 4.70. The van der Waals surface area contributed by atoms with Crippen molar-refractivity contribution in [3.8, 4) is 0 Å².